The summed E-state index contributed by atoms with van der Waals surface area (Å²) >= 11 is 0. The second kappa shape index (κ2) is 8.23. The van der Waals surface area contributed by atoms with Gasteiger partial charge in [-0.15, -0.1) is 0 Å². The van der Waals surface area contributed by atoms with Gasteiger partial charge in [-0.05, 0) is 45.2 Å². The van der Waals surface area contributed by atoms with Crippen LogP contribution in [0.15, 0.2) is 0 Å². The molecule has 0 aromatic heterocycles. The van der Waals surface area contributed by atoms with Gasteiger partial charge in [0.15, 0.2) is 0 Å². The van der Waals surface area contributed by atoms with Crippen molar-refractivity contribution in [2.24, 2.45) is 5.92 Å². The summed E-state index contributed by atoms with van der Waals surface area (Å²) in [6.07, 6.45) is 12.0. The van der Waals surface area contributed by atoms with Crippen molar-refractivity contribution in [1.82, 2.24) is 10.2 Å². The van der Waals surface area contributed by atoms with Crippen LogP contribution in [0.4, 0.5) is 0 Å². The molecule has 1 saturated carbocycles. The number of hydrogen-bond acceptors (Lipinski definition) is 3. The Balaban J connectivity index is 1.95. The Hall–Kier alpha value is -0.120. The van der Waals surface area contributed by atoms with Crippen LogP contribution in [-0.4, -0.2) is 48.8 Å². The van der Waals surface area contributed by atoms with Crippen LogP contribution in [0.25, 0.3) is 0 Å². The second-order valence-corrected chi connectivity index (χ2v) is 6.47. The van der Waals surface area contributed by atoms with Gasteiger partial charge in [-0.3, -0.25) is 4.90 Å². The minimum absolute atomic E-state index is 0.344. The van der Waals surface area contributed by atoms with Gasteiger partial charge in [0.05, 0.1) is 6.61 Å². The molecule has 0 aromatic carbocycles. The molecule has 2 aliphatic rings. The summed E-state index contributed by atoms with van der Waals surface area (Å²) in [6.45, 7) is 2.73. The number of nitrogens with zero attached hydrogens (tertiary/aromatic N) is 1. The molecule has 0 aromatic rings. The third-order valence-electron chi connectivity index (χ3n) is 5.21. The van der Waals surface area contributed by atoms with Gasteiger partial charge in [0.1, 0.15) is 0 Å². The molecule has 2 rings (SSSR count). The quantitative estimate of drug-likeness (QED) is 0.769. The topological polar surface area (TPSA) is 35.5 Å². The van der Waals surface area contributed by atoms with Gasteiger partial charge in [0.25, 0.3) is 0 Å². The van der Waals surface area contributed by atoms with Gasteiger partial charge >= 0.3 is 0 Å². The Kier molecular flexibility index (Phi) is 6.62. The van der Waals surface area contributed by atoms with E-state index in [2.05, 4.69) is 17.3 Å². The number of hydrogen-bond donors (Lipinski definition) is 2. The van der Waals surface area contributed by atoms with E-state index in [1.807, 2.05) is 0 Å². The molecule has 112 valence electrons. The standard InChI is InChI=1S/C16H32N2O/c1-17-16-10-6-2-4-8-14(16)12-18-11-7-3-5-9-15(18)13-19/h14-17,19H,2-13H2,1H3. The molecule has 2 fully saturated rings. The van der Waals surface area contributed by atoms with Gasteiger partial charge < -0.3 is 10.4 Å². The Bertz CT molecular complexity index is 223. The SMILES string of the molecule is CNC1CCCCCC1CN1CCCCCC1CO. The highest BCUT2D eigenvalue weighted by Crippen LogP contribution is 2.26. The van der Waals surface area contributed by atoms with Crippen molar-refractivity contribution < 1.29 is 5.11 Å². The van der Waals surface area contributed by atoms with E-state index < -0.39 is 0 Å². The Morgan fingerprint density at radius 2 is 1.74 bits per heavy atom. The maximum Gasteiger partial charge on any atom is 0.0586 e. The lowest BCUT2D eigenvalue weighted by atomic mass is 9.93. The Labute approximate surface area is 118 Å². The van der Waals surface area contributed by atoms with E-state index in [4.69, 9.17) is 0 Å². The van der Waals surface area contributed by atoms with E-state index in [9.17, 15) is 5.11 Å². The van der Waals surface area contributed by atoms with Crippen LogP contribution in [-0.2, 0) is 0 Å². The first kappa shape index (κ1) is 15.3. The predicted molar refractivity (Wildman–Crippen MR) is 80.3 cm³/mol. The van der Waals surface area contributed by atoms with Crippen LogP contribution in [0.2, 0.25) is 0 Å². The molecule has 1 saturated heterocycles. The minimum atomic E-state index is 0.344. The molecule has 19 heavy (non-hydrogen) atoms. The normalized spacial score (nSPS) is 34.7. The van der Waals surface area contributed by atoms with E-state index in [1.54, 1.807) is 0 Å². The second-order valence-electron chi connectivity index (χ2n) is 6.47. The van der Waals surface area contributed by atoms with E-state index in [1.165, 1.54) is 70.9 Å². The summed E-state index contributed by atoms with van der Waals surface area (Å²) < 4.78 is 0. The highest BCUT2D eigenvalue weighted by molar-refractivity contribution is 4.84. The van der Waals surface area contributed by atoms with E-state index in [-0.39, 0.29) is 0 Å². The predicted octanol–water partition coefficient (Wildman–Crippen LogP) is 2.39. The van der Waals surface area contributed by atoms with Gasteiger partial charge in [0, 0.05) is 18.6 Å². The summed E-state index contributed by atoms with van der Waals surface area (Å²) in [6, 6.07) is 1.10. The highest BCUT2D eigenvalue weighted by atomic mass is 16.3. The van der Waals surface area contributed by atoms with Crippen molar-refractivity contribution in [3.8, 4) is 0 Å². The number of likely N-dealkylation sites (tertiary alicyclic amines) is 1. The Morgan fingerprint density at radius 3 is 2.53 bits per heavy atom. The molecule has 0 radical (unpaired) electrons. The first-order chi connectivity index (χ1) is 9.35. The highest BCUT2D eigenvalue weighted by Gasteiger charge is 2.28. The molecule has 1 aliphatic carbocycles. The van der Waals surface area contributed by atoms with E-state index in [0.29, 0.717) is 18.7 Å². The molecule has 3 unspecified atom stereocenters. The van der Waals surface area contributed by atoms with E-state index >= 15 is 0 Å². The summed E-state index contributed by atoms with van der Waals surface area (Å²) in [7, 11) is 2.12. The number of rotatable bonds is 4. The van der Waals surface area contributed by atoms with Crippen molar-refractivity contribution >= 4 is 0 Å². The van der Waals surface area contributed by atoms with Gasteiger partial charge in [-0.2, -0.15) is 0 Å². The van der Waals surface area contributed by atoms with Crippen LogP contribution in [0.3, 0.4) is 0 Å². The fourth-order valence-electron chi connectivity index (χ4n) is 3.97. The summed E-state index contributed by atoms with van der Waals surface area (Å²) in [5, 5.41) is 13.2. The molecular weight excluding hydrogens is 236 g/mol. The average Bonchev–Trinajstić information content (AvgIpc) is 2.79. The average molecular weight is 268 g/mol. The van der Waals surface area contributed by atoms with Gasteiger partial charge in [0.2, 0.25) is 0 Å². The van der Waals surface area contributed by atoms with Crippen LogP contribution in [0, 0.1) is 5.92 Å². The smallest absolute Gasteiger partial charge is 0.0586 e. The zero-order valence-corrected chi connectivity index (χ0v) is 12.6. The molecule has 2 N–H and O–H groups in total. The molecule has 1 heterocycles. The Morgan fingerprint density at radius 1 is 1.00 bits per heavy atom. The van der Waals surface area contributed by atoms with Crippen molar-refractivity contribution in [3.05, 3.63) is 0 Å². The molecule has 1 aliphatic heterocycles. The molecule has 3 heteroatoms. The molecule has 3 atom stereocenters. The minimum Gasteiger partial charge on any atom is -0.395 e. The van der Waals surface area contributed by atoms with Crippen LogP contribution in [0.1, 0.15) is 57.8 Å². The van der Waals surface area contributed by atoms with Gasteiger partial charge in [-0.25, -0.2) is 0 Å². The fourth-order valence-corrected chi connectivity index (χ4v) is 3.97. The molecule has 3 nitrogen and oxygen atoms in total. The zero-order valence-electron chi connectivity index (χ0n) is 12.6. The van der Waals surface area contributed by atoms with Crippen LogP contribution < -0.4 is 5.32 Å². The van der Waals surface area contributed by atoms with Crippen molar-refractivity contribution in [2.75, 3.05) is 26.7 Å². The van der Waals surface area contributed by atoms with Crippen molar-refractivity contribution in [3.63, 3.8) is 0 Å². The first-order valence-corrected chi connectivity index (χ1v) is 8.37. The molecule has 0 bridgehead atoms. The largest absolute Gasteiger partial charge is 0.395 e. The lowest BCUT2D eigenvalue weighted by Gasteiger charge is -2.35. The third kappa shape index (κ3) is 4.44. The number of aliphatic hydroxyl groups is 1. The molecular formula is C16H32N2O. The van der Waals surface area contributed by atoms with Crippen molar-refractivity contribution in [2.45, 2.75) is 69.9 Å². The van der Waals surface area contributed by atoms with Crippen LogP contribution >= 0.6 is 0 Å². The third-order valence-corrected chi connectivity index (χ3v) is 5.21. The molecule has 0 amide bonds. The first-order valence-electron chi connectivity index (χ1n) is 8.37. The molecule has 0 spiro atoms. The summed E-state index contributed by atoms with van der Waals surface area (Å²) in [5.41, 5.74) is 0. The summed E-state index contributed by atoms with van der Waals surface area (Å²) in [4.78, 5) is 2.59. The fraction of sp³-hybridized carbons (Fsp3) is 1.00. The number of aliphatic hydroxyl groups excluding tert-OH is 1. The lowest BCUT2D eigenvalue weighted by molar-refractivity contribution is 0.0986. The monoisotopic (exact) mass is 268 g/mol. The maximum absolute atomic E-state index is 9.64. The van der Waals surface area contributed by atoms with Crippen LogP contribution in [0.5, 0.6) is 0 Å². The number of nitrogens with one attached hydrogen (secondary N) is 1. The van der Waals surface area contributed by atoms with Crippen molar-refractivity contribution in [1.29, 1.82) is 0 Å². The summed E-state index contributed by atoms with van der Waals surface area (Å²) in [5.74, 6) is 0.777. The van der Waals surface area contributed by atoms with E-state index in [0.717, 1.165) is 5.92 Å². The maximum atomic E-state index is 9.64. The van der Waals surface area contributed by atoms with Gasteiger partial charge in [-0.1, -0.05) is 32.1 Å². The lowest BCUT2D eigenvalue weighted by Crippen LogP contribution is -2.45. The zero-order chi connectivity index (χ0) is 13.5.